The Bertz CT molecular complexity index is 225. The number of hydrogen-bond donors (Lipinski definition) is 2. The lowest BCUT2D eigenvalue weighted by Gasteiger charge is -2.23. The Morgan fingerprint density at radius 2 is 2.18 bits per heavy atom. The second-order valence-corrected chi connectivity index (χ2v) is 2.04. The van der Waals surface area contributed by atoms with Gasteiger partial charge in [-0.3, -0.25) is 14.9 Å². The summed E-state index contributed by atoms with van der Waals surface area (Å²) in [5.41, 5.74) is 2.34. The summed E-state index contributed by atoms with van der Waals surface area (Å²) in [7, 11) is 0. The Hall–Kier alpha value is -1.43. The molecule has 1 saturated heterocycles. The second kappa shape index (κ2) is 2.67. The molecule has 1 aliphatic rings. The predicted molar refractivity (Wildman–Crippen MR) is 34.1 cm³/mol. The van der Waals surface area contributed by atoms with Gasteiger partial charge in [0.25, 0.3) is 0 Å². The third-order valence-corrected chi connectivity index (χ3v) is 1.16. The Morgan fingerprint density at radius 3 is 2.64 bits per heavy atom. The first-order valence-electron chi connectivity index (χ1n) is 2.99. The van der Waals surface area contributed by atoms with Gasteiger partial charge in [0.1, 0.15) is 0 Å². The molecule has 0 saturated carbocycles. The number of carbonyl (C=O) groups is 3. The molecule has 0 aliphatic carbocycles. The van der Waals surface area contributed by atoms with Crippen molar-refractivity contribution in [3.63, 3.8) is 0 Å². The minimum atomic E-state index is -0.728. The largest absolute Gasteiger partial charge is 0.345 e. The monoisotopic (exact) mass is 157 g/mol. The molecule has 0 atom stereocenters. The van der Waals surface area contributed by atoms with Gasteiger partial charge in [0.15, 0.2) is 0 Å². The van der Waals surface area contributed by atoms with Crippen molar-refractivity contribution in [3.8, 4) is 0 Å². The van der Waals surface area contributed by atoms with E-state index in [-0.39, 0.29) is 6.54 Å². The van der Waals surface area contributed by atoms with Crippen LogP contribution in [0.25, 0.3) is 0 Å². The third kappa shape index (κ3) is 1.53. The molecule has 0 bridgehead atoms. The molecule has 6 heteroatoms. The van der Waals surface area contributed by atoms with Crippen molar-refractivity contribution in [3.05, 3.63) is 0 Å². The highest BCUT2D eigenvalue weighted by atomic mass is 16.2. The van der Waals surface area contributed by atoms with Crippen LogP contribution in [0.5, 0.6) is 0 Å². The fourth-order valence-corrected chi connectivity index (χ4v) is 0.696. The maximum Gasteiger partial charge on any atom is 0.345 e. The molecule has 6 nitrogen and oxygen atoms in total. The minimum Gasteiger partial charge on any atom is -0.275 e. The molecule has 0 aromatic carbocycles. The fraction of sp³-hybridized carbons (Fsp3) is 0.400. The lowest BCUT2D eigenvalue weighted by molar-refractivity contribution is -0.131. The summed E-state index contributed by atoms with van der Waals surface area (Å²) >= 11 is 0. The van der Waals surface area contributed by atoms with Gasteiger partial charge in [-0.15, -0.1) is 0 Å². The van der Waals surface area contributed by atoms with Crippen LogP contribution in [-0.4, -0.2) is 29.4 Å². The second-order valence-electron chi connectivity index (χ2n) is 2.04. The molecule has 1 heterocycles. The number of amides is 4. The Balaban J connectivity index is 2.65. The van der Waals surface area contributed by atoms with E-state index >= 15 is 0 Å². The van der Waals surface area contributed by atoms with Crippen LogP contribution in [0.2, 0.25) is 0 Å². The van der Waals surface area contributed by atoms with Gasteiger partial charge in [-0.1, -0.05) is 0 Å². The zero-order chi connectivity index (χ0) is 8.43. The van der Waals surface area contributed by atoms with Gasteiger partial charge in [0.2, 0.25) is 11.8 Å². The number of rotatable bonds is 0. The van der Waals surface area contributed by atoms with Gasteiger partial charge in [-0.25, -0.2) is 10.2 Å². The lowest BCUT2D eigenvalue weighted by Crippen LogP contribution is -2.60. The zero-order valence-corrected chi connectivity index (χ0v) is 5.88. The predicted octanol–water partition coefficient (Wildman–Crippen LogP) is -1.41. The van der Waals surface area contributed by atoms with Crippen molar-refractivity contribution in [1.82, 2.24) is 15.8 Å². The highest BCUT2D eigenvalue weighted by Gasteiger charge is 2.25. The van der Waals surface area contributed by atoms with Gasteiger partial charge in [0.05, 0.1) is 6.54 Å². The Morgan fingerprint density at radius 1 is 1.55 bits per heavy atom. The van der Waals surface area contributed by atoms with E-state index in [1.54, 1.807) is 0 Å². The maximum atomic E-state index is 10.8. The number of carbonyl (C=O) groups excluding carboxylic acids is 3. The molecule has 0 spiro atoms. The average molecular weight is 157 g/mol. The molecular formula is C5H7N3O3. The van der Waals surface area contributed by atoms with Crippen LogP contribution in [0.4, 0.5) is 4.79 Å². The summed E-state index contributed by atoms with van der Waals surface area (Å²) in [5.74, 6) is -0.887. The van der Waals surface area contributed by atoms with E-state index in [9.17, 15) is 14.4 Å². The smallest absolute Gasteiger partial charge is 0.275 e. The summed E-state index contributed by atoms with van der Waals surface area (Å²) < 4.78 is 0. The standard InChI is InChI=1S/C5H7N3O3/c1-3(9)8-5(11)7-4(10)2-6-8/h6H,2H2,1H3,(H,7,10,11). The first-order valence-corrected chi connectivity index (χ1v) is 2.99. The number of hydrazine groups is 1. The van der Waals surface area contributed by atoms with Gasteiger partial charge < -0.3 is 0 Å². The van der Waals surface area contributed by atoms with E-state index < -0.39 is 17.8 Å². The van der Waals surface area contributed by atoms with Crippen molar-refractivity contribution in [1.29, 1.82) is 0 Å². The normalized spacial score (nSPS) is 18.1. The van der Waals surface area contributed by atoms with E-state index in [1.165, 1.54) is 6.92 Å². The molecule has 0 unspecified atom stereocenters. The molecular weight excluding hydrogens is 150 g/mol. The first-order chi connectivity index (χ1) is 5.11. The SMILES string of the molecule is CC(=O)N1NCC(=O)NC1=O. The number of imide groups is 2. The third-order valence-electron chi connectivity index (χ3n) is 1.16. The topological polar surface area (TPSA) is 78.5 Å². The Labute approximate surface area is 62.5 Å². The van der Waals surface area contributed by atoms with Crippen molar-refractivity contribution in [2.75, 3.05) is 6.54 Å². The van der Waals surface area contributed by atoms with Crippen LogP contribution in [0.3, 0.4) is 0 Å². The first kappa shape index (κ1) is 7.67. The molecule has 0 aromatic rings. The maximum absolute atomic E-state index is 10.8. The molecule has 1 fully saturated rings. The van der Waals surface area contributed by atoms with Crippen LogP contribution < -0.4 is 10.7 Å². The van der Waals surface area contributed by atoms with Crippen LogP contribution in [0.1, 0.15) is 6.92 Å². The van der Waals surface area contributed by atoms with Gasteiger partial charge in [-0.2, -0.15) is 5.01 Å². The van der Waals surface area contributed by atoms with E-state index in [2.05, 4.69) is 5.43 Å². The van der Waals surface area contributed by atoms with Crippen LogP contribution in [-0.2, 0) is 9.59 Å². The summed E-state index contributed by atoms with van der Waals surface area (Å²) in [6.07, 6.45) is 0. The van der Waals surface area contributed by atoms with Gasteiger partial charge in [0, 0.05) is 6.92 Å². The van der Waals surface area contributed by atoms with E-state index in [0.29, 0.717) is 0 Å². The van der Waals surface area contributed by atoms with Crippen molar-refractivity contribution < 1.29 is 14.4 Å². The number of hydrogen-bond acceptors (Lipinski definition) is 4. The average Bonchev–Trinajstić information content (AvgIpc) is 1.85. The van der Waals surface area contributed by atoms with Crippen molar-refractivity contribution in [2.24, 2.45) is 0 Å². The quantitative estimate of drug-likeness (QED) is 0.452. The lowest BCUT2D eigenvalue weighted by atomic mass is 10.5. The van der Waals surface area contributed by atoms with Crippen LogP contribution >= 0.6 is 0 Å². The zero-order valence-electron chi connectivity index (χ0n) is 5.88. The highest BCUT2D eigenvalue weighted by Crippen LogP contribution is 1.89. The minimum absolute atomic E-state index is 0.0503. The Kier molecular flexibility index (Phi) is 1.86. The van der Waals surface area contributed by atoms with E-state index in [1.807, 2.05) is 5.32 Å². The fourth-order valence-electron chi connectivity index (χ4n) is 0.696. The molecule has 11 heavy (non-hydrogen) atoms. The molecule has 0 radical (unpaired) electrons. The van der Waals surface area contributed by atoms with E-state index in [0.717, 1.165) is 5.01 Å². The van der Waals surface area contributed by atoms with Crippen molar-refractivity contribution in [2.45, 2.75) is 6.92 Å². The number of urea groups is 1. The van der Waals surface area contributed by atoms with Crippen LogP contribution in [0.15, 0.2) is 0 Å². The molecule has 4 amide bonds. The molecule has 60 valence electrons. The summed E-state index contributed by atoms with van der Waals surface area (Å²) in [4.78, 5) is 31.9. The molecule has 2 N–H and O–H groups in total. The summed E-state index contributed by atoms with van der Waals surface area (Å²) in [6.45, 7) is 1.17. The van der Waals surface area contributed by atoms with E-state index in [4.69, 9.17) is 0 Å². The molecule has 1 rings (SSSR count). The van der Waals surface area contributed by atoms with Crippen LogP contribution in [0, 0.1) is 0 Å². The van der Waals surface area contributed by atoms with Crippen molar-refractivity contribution >= 4 is 17.8 Å². The molecule has 1 aliphatic heterocycles. The summed E-state index contributed by atoms with van der Waals surface area (Å²) in [6, 6.07) is -0.728. The molecule has 0 aromatic heterocycles. The highest BCUT2D eigenvalue weighted by molar-refractivity contribution is 6.03. The van der Waals surface area contributed by atoms with Gasteiger partial charge in [-0.05, 0) is 0 Å². The van der Waals surface area contributed by atoms with Gasteiger partial charge >= 0.3 is 6.03 Å². The number of nitrogens with one attached hydrogen (secondary N) is 2. The summed E-state index contributed by atoms with van der Waals surface area (Å²) in [5, 5.41) is 2.73. The number of nitrogens with zero attached hydrogens (tertiary/aromatic N) is 1.